The Labute approximate surface area is 110 Å². The van der Waals surface area contributed by atoms with Crippen LogP contribution >= 0.6 is 11.3 Å². The van der Waals surface area contributed by atoms with Crippen LogP contribution < -0.4 is 15.4 Å². The second kappa shape index (κ2) is 5.68. The summed E-state index contributed by atoms with van der Waals surface area (Å²) < 4.78 is 5.32. The number of hydrogen-bond donors (Lipinski definition) is 2. The van der Waals surface area contributed by atoms with Gasteiger partial charge in [0, 0.05) is 11.9 Å². The van der Waals surface area contributed by atoms with Gasteiger partial charge in [0.25, 0.3) is 0 Å². The number of aromatic nitrogens is 2. The smallest absolute Gasteiger partial charge is 0.204 e. The highest BCUT2D eigenvalue weighted by atomic mass is 32.1. The van der Waals surface area contributed by atoms with Gasteiger partial charge in [-0.05, 0) is 23.9 Å². The molecule has 0 spiro atoms. The summed E-state index contributed by atoms with van der Waals surface area (Å²) in [5, 5.41) is 8.34. The van der Waals surface area contributed by atoms with Crippen LogP contribution in [-0.2, 0) is 6.54 Å². The maximum absolute atomic E-state index is 5.32. The highest BCUT2D eigenvalue weighted by Gasteiger charge is 2.11. The molecule has 0 aliphatic rings. The van der Waals surface area contributed by atoms with Crippen LogP contribution in [0, 0.1) is 6.92 Å². The van der Waals surface area contributed by atoms with E-state index in [2.05, 4.69) is 39.0 Å². The van der Waals surface area contributed by atoms with Gasteiger partial charge in [-0.25, -0.2) is 9.97 Å². The first kappa shape index (κ1) is 12.6. The zero-order chi connectivity index (χ0) is 13.0. The second-order valence-corrected chi connectivity index (χ2v) is 4.74. The van der Waals surface area contributed by atoms with Crippen LogP contribution in [0.25, 0.3) is 0 Å². The Kier molecular flexibility index (Phi) is 3.99. The van der Waals surface area contributed by atoms with E-state index in [1.807, 2.05) is 0 Å². The van der Waals surface area contributed by atoms with Gasteiger partial charge in [-0.15, -0.1) is 11.3 Å². The summed E-state index contributed by atoms with van der Waals surface area (Å²) >= 11 is 1.73. The molecule has 0 fully saturated rings. The van der Waals surface area contributed by atoms with Crippen LogP contribution in [0.3, 0.4) is 0 Å². The van der Waals surface area contributed by atoms with Crippen molar-refractivity contribution in [2.75, 3.05) is 24.8 Å². The highest BCUT2D eigenvalue weighted by Crippen LogP contribution is 2.29. The van der Waals surface area contributed by atoms with Gasteiger partial charge in [0.2, 0.25) is 5.75 Å². The van der Waals surface area contributed by atoms with Crippen molar-refractivity contribution in [3.8, 4) is 5.75 Å². The predicted octanol–water partition coefficient (Wildman–Crippen LogP) is 2.51. The van der Waals surface area contributed by atoms with Crippen LogP contribution in [0.1, 0.15) is 10.4 Å². The summed E-state index contributed by atoms with van der Waals surface area (Å²) in [5.41, 5.74) is 1.29. The number of thiophene rings is 1. The highest BCUT2D eigenvalue weighted by molar-refractivity contribution is 7.10. The van der Waals surface area contributed by atoms with Crippen molar-refractivity contribution in [2.45, 2.75) is 13.5 Å². The van der Waals surface area contributed by atoms with Crippen LogP contribution in [0.4, 0.5) is 11.6 Å². The number of hydrogen-bond acceptors (Lipinski definition) is 6. The van der Waals surface area contributed by atoms with E-state index in [-0.39, 0.29) is 0 Å². The molecular weight excluding hydrogens is 248 g/mol. The maximum atomic E-state index is 5.32. The zero-order valence-corrected chi connectivity index (χ0v) is 11.5. The Balaban J connectivity index is 2.16. The number of nitrogens with one attached hydrogen (secondary N) is 2. The molecule has 0 saturated heterocycles. The van der Waals surface area contributed by atoms with E-state index < -0.39 is 0 Å². The molecule has 2 N–H and O–H groups in total. The number of nitrogens with zero attached hydrogens (tertiary/aromatic N) is 2. The average molecular weight is 264 g/mol. The summed E-state index contributed by atoms with van der Waals surface area (Å²) in [7, 11) is 3.42. The van der Waals surface area contributed by atoms with E-state index >= 15 is 0 Å². The Morgan fingerprint density at radius 3 is 2.72 bits per heavy atom. The summed E-state index contributed by atoms with van der Waals surface area (Å²) in [6.45, 7) is 2.84. The van der Waals surface area contributed by atoms with Gasteiger partial charge in [0.05, 0.1) is 13.7 Å². The van der Waals surface area contributed by atoms with Gasteiger partial charge in [-0.3, -0.25) is 0 Å². The van der Waals surface area contributed by atoms with Gasteiger partial charge in [0.1, 0.15) is 6.33 Å². The first-order chi connectivity index (χ1) is 8.76. The first-order valence-corrected chi connectivity index (χ1v) is 6.47. The summed E-state index contributed by atoms with van der Waals surface area (Å²) in [6, 6.07) is 2.11. The zero-order valence-electron chi connectivity index (χ0n) is 10.7. The third-order valence-electron chi connectivity index (χ3n) is 2.63. The predicted molar refractivity (Wildman–Crippen MR) is 74.5 cm³/mol. The molecule has 2 heterocycles. The van der Waals surface area contributed by atoms with Gasteiger partial charge >= 0.3 is 0 Å². The molecule has 2 aromatic rings. The van der Waals surface area contributed by atoms with Crippen molar-refractivity contribution in [3.63, 3.8) is 0 Å². The minimum absolute atomic E-state index is 0.634. The molecule has 6 heteroatoms. The van der Waals surface area contributed by atoms with Gasteiger partial charge in [0.15, 0.2) is 11.6 Å². The molecule has 5 nitrogen and oxygen atoms in total. The SMILES string of the molecule is CNc1ncnc(NCc2sccc2C)c1OC. The fourth-order valence-corrected chi connectivity index (χ4v) is 2.47. The Morgan fingerprint density at radius 2 is 2.11 bits per heavy atom. The van der Waals surface area contributed by atoms with E-state index in [1.54, 1.807) is 25.5 Å². The van der Waals surface area contributed by atoms with Crippen LogP contribution in [0.2, 0.25) is 0 Å². The molecule has 2 rings (SSSR count). The molecule has 2 aromatic heterocycles. The van der Waals surface area contributed by atoms with E-state index in [9.17, 15) is 0 Å². The van der Waals surface area contributed by atoms with Gasteiger partial charge < -0.3 is 15.4 Å². The lowest BCUT2D eigenvalue weighted by atomic mass is 10.3. The van der Waals surface area contributed by atoms with Gasteiger partial charge in [-0.1, -0.05) is 0 Å². The lowest BCUT2D eigenvalue weighted by Gasteiger charge is -2.12. The first-order valence-electron chi connectivity index (χ1n) is 5.59. The topological polar surface area (TPSA) is 59.1 Å². The lowest BCUT2D eigenvalue weighted by Crippen LogP contribution is -2.06. The summed E-state index contributed by atoms with van der Waals surface area (Å²) in [6.07, 6.45) is 1.51. The molecule has 0 saturated carbocycles. The minimum Gasteiger partial charge on any atom is -0.490 e. The molecule has 0 unspecified atom stereocenters. The Bertz CT molecular complexity index is 527. The molecule has 96 valence electrons. The number of rotatable bonds is 5. The van der Waals surface area contributed by atoms with E-state index in [0.717, 1.165) is 6.54 Å². The van der Waals surface area contributed by atoms with E-state index in [4.69, 9.17) is 4.74 Å². The summed E-state index contributed by atoms with van der Waals surface area (Å²) in [4.78, 5) is 9.60. The Morgan fingerprint density at radius 1 is 1.33 bits per heavy atom. The fraction of sp³-hybridized carbons (Fsp3) is 0.333. The molecule has 0 bridgehead atoms. The standard InChI is InChI=1S/C12H16N4OS/c1-8-4-5-18-9(8)6-14-12-10(17-3)11(13-2)15-7-16-12/h4-5,7H,6H2,1-3H3,(H2,13,14,15,16). The van der Waals surface area contributed by atoms with Crippen molar-refractivity contribution in [3.05, 3.63) is 28.2 Å². The molecule has 0 amide bonds. The van der Waals surface area contributed by atoms with E-state index in [0.29, 0.717) is 17.4 Å². The molecule has 0 aliphatic carbocycles. The fourth-order valence-electron chi connectivity index (χ4n) is 1.62. The number of anilines is 2. The van der Waals surface area contributed by atoms with Crippen LogP contribution in [0.15, 0.2) is 17.8 Å². The van der Waals surface area contributed by atoms with Gasteiger partial charge in [-0.2, -0.15) is 0 Å². The van der Waals surface area contributed by atoms with E-state index in [1.165, 1.54) is 16.8 Å². The molecule has 0 atom stereocenters. The third kappa shape index (κ3) is 2.53. The lowest BCUT2D eigenvalue weighted by molar-refractivity contribution is 0.415. The van der Waals surface area contributed by atoms with Crippen LogP contribution in [0.5, 0.6) is 5.75 Å². The Hall–Kier alpha value is -1.82. The largest absolute Gasteiger partial charge is 0.490 e. The molecule has 0 radical (unpaired) electrons. The van der Waals surface area contributed by atoms with Crippen molar-refractivity contribution < 1.29 is 4.74 Å². The monoisotopic (exact) mass is 264 g/mol. The number of methoxy groups -OCH3 is 1. The van der Waals surface area contributed by atoms with Crippen LogP contribution in [-0.4, -0.2) is 24.1 Å². The van der Waals surface area contributed by atoms with Crippen molar-refractivity contribution in [1.29, 1.82) is 0 Å². The number of ether oxygens (including phenoxy) is 1. The molecule has 0 aromatic carbocycles. The number of aryl methyl sites for hydroxylation is 1. The summed E-state index contributed by atoms with van der Waals surface area (Å²) in [5.74, 6) is 2.01. The van der Waals surface area contributed by atoms with Crippen molar-refractivity contribution >= 4 is 23.0 Å². The molecular formula is C12H16N4OS. The van der Waals surface area contributed by atoms with Crippen molar-refractivity contribution in [2.24, 2.45) is 0 Å². The normalized spacial score (nSPS) is 10.2. The average Bonchev–Trinajstić information content (AvgIpc) is 2.81. The minimum atomic E-state index is 0.634. The van der Waals surface area contributed by atoms with Crippen molar-refractivity contribution in [1.82, 2.24) is 9.97 Å². The maximum Gasteiger partial charge on any atom is 0.204 e. The molecule has 0 aliphatic heterocycles. The third-order valence-corrected chi connectivity index (χ3v) is 3.65. The molecule has 18 heavy (non-hydrogen) atoms. The second-order valence-electron chi connectivity index (χ2n) is 3.73. The quantitative estimate of drug-likeness (QED) is 0.869.